The van der Waals surface area contributed by atoms with E-state index in [4.69, 9.17) is 5.73 Å². The minimum Gasteiger partial charge on any atom is -0.326 e. The highest BCUT2D eigenvalue weighted by Crippen LogP contribution is 2.33. The van der Waals surface area contributed by atoms with Crippen LogP contribution in [0.1, 0.15) is 42.6 Å². The zero-order chi connectivity index (χ0) is 12.3. The molecule has 0 atom stereocenters. The number of nitrogens with two attached hydrogens (primary N) is 1. The average molecular weight is 250 g/mol. The summed E-state index contributed by atoms with van der Waals surface area (Å²) >= 11 is 1.98. The van der Waals surface area contributed by atoms with E-state index in [0.29, 0.717) is 6.54 Å². The lowest BCUT2D eigenvalue weighted by molar-refractivity contribution is 0.623. The zero-order valence-electron chi connectivity index (χ0n) is 10.8. The van der Waals surface area contributed by atoms with Crippen LogP contribution in [0.5, 0.6) is 0 Å². The lowest BCUT2D eigenvalue weighted by Gasteiger charge is -2.13. The van der Waals surface area contributed by atoms with E-state index in [1.165, 1.54) is 41.9 Å². The highest BCUT2D eigenvalue weighted by Gasteiger charge is 2.16. The molecule has 0 radical (unpaired) electrons. The Bertz CT molecular complexity index is 384. The van der Waals surface area contributed by atoms with E-state index >= 15 is 0 Å². The van der Waals surface area contributed by atoms with Crippen LogP contribution in [-0.2, 0) is 6.54 Å². The van der Waals surface area contributed by atoms with Crippen LogP contribution in [0.4, 0.5) is 0 Å². The van der Waals surface area contributed by atoms with Crippen LogP contribution in [0, 0.1) is 19.8 Å². The monoisotopic (exact) mass is 250 g/mol. The second-order valence-electron chi connectivity index (χ2n) is 4.99. The Morgan fingerprint density at radius 3 is 2.71 bits per heavy atom. The Balaban J connectivity index is 2.07. The number of pyridine rings is 1. The number of hydrogen-bond acceptors (Lipinski definition) is 3. The summed E-state index contributed by atoms with van der Waals surface area (Å²) in [6.45, 7) is 4.73. The van der Waals surface area contributed by atoms with Gasteiger partial charge in [-0.05, 0) is 38.7 Å². The van der Waals surface area contributed by atoms with Crippen molar-refractivity contribution in [3.8, 4) is 0 Å². The Labute approximate surface area is 108 Å². The van der Waals surface area contributed by atoms with Crippen molar-refractivity contribution in [2.75, 3.05) is 5.75 Å². The summed E-state index contributed by atoms with van der Waals surface area (Å²) in [6.07, 6.45) is 5.66. The number of rotatable bonds is 4. The summed E-state index contributed by atoms with van der Waals surface area (Å²) in [6, 6.07) is 2.19. The summed E-state index contributed by atoms with van der Waals surface area (Å²) in [5.74, 6) is 2.16. The van der Waals surface area contributed by atoms with Crippen LogP contribution in [-0.4, -0.2) is 10.7 Å². The maximum Gasteiger partial charge on any atom is 0.0431 e. The summed E-state index contributed by atoms with van der Waals surface area (Å²) < 4.78 is 0. The van der Waals surface area contributed by atoms with E-state index in [1.54, 1.807) is 0 Å². The van der Waals surface area contributed by atoms with E-state index in [0.717, 1.165) is 17.3 Å². The van der Waals surface area contributed by atoms with Gasteiger partial charge in [0.15, 0.2) is 0 Å². The molecule has 1 saturated carbocycles. The Hall–Kier alpha value is -0.540. The Morgan fingerprint density at radius 1 is 1.35 bits per heavy atom. The molecule has 0 saturated heterocycles. The average Bonchev–Trinajstić information content (AvgIpc) is 2.78. The minimum absolute atomic E-state index is 0.603. The molecule has 2 N–H and O–H groups in total. The molecule has 1 aliphatic rings. The molecule has 0 bridgehead atoms. The molecule has 0 spiro atoms. The van der Waals surface area contributed by atoms with Crippen LogP contribution in [0.2, 0.25) is 0 Å². The van der Waals surface area contributed by atoms with Crippen molar-refractivity contribution < 1.29 is 0 Å². The zero-order valence-corrected chi connectivity index (χ0v) is 11.6. The number of thioether (sulfide) groups is 1. The van der Waals surface area contributed by atoms with Crippen molar-refractivity contribution in [3.05, 3.63) is 23.0 Å². The largest absolute Gasteiger partial charge is 0.326 e. The van der Waals surface area contributed by atoms with E-state index in [1.807, 2.05) is 11.8 Å². The third-order valence-corrected chi connectivity index (χ3v) is 4.88. The molecule has 0 aromatic carbocycles. The van der Waals surface area contributed by atoms with Crippen LogP contribution in [0.15, 0.2) is 11.0 Å². The summed E-state index contributed by atoms with van der Waals surface area (Å²) in [5, 5.41) is 0. The predicted octanol–water partition coefficient (Wildman–Crippen LogP) is 3.44. The molecule has 1 fully saturated rings. The van der Waals surface area contributed by atoms with Gasteiger partial charge in [0.1, 0.15) is 0 Å². The topological polar surface area (TPSA) is 38.9 Å². The fourth-order valence-electron chi connectivity index (χ4n) is 2.58. The molecule has 2 nitrogen and oxygen atoms in total. The summed E-state index contributed by atoms with van der Waals surface area (Å²) in [4.78, 5) is 5.84. The van der Waals surface area contributed by atoms with Gasteiger partial charge in [0.2, 0.25) is 0 Å². The van der Waals surface area contributed by atoms with E-state index in [2.05, 4.69) is 24.9 Å². The molecule has 1 aliphatic carbocycles. The van der Waals surface area contributed by atoms with Gasteiger partial charge in [-0.25, -0.2) is 0 Å². The molecule has 0 amide bonds. The van der Waals surface area contributed by atoms with Crippen molar-refractivity contribution in [2.24, 2.45) is 11.7 Å². The molecule has 1 aromatic heterocycles. The molecule has 2 rings (SSSR count). The fourth-order valence-corrected chi connectivity index (χ4v) is 3.99. The molecule has 0 unspecified atom stereocenters. The first-order valence-corrected chi connectivity index (χ1v) is 7.49. The van der Waals surface area contributed by atoms with Gasteiger partial charge in [-0.1, -0.05) is 12.8 Å². The molecule has 1 heterocycles. The predicted molar refractivity (Wildman–Crippen MR) is 74.3 cm³/mol. The van der Waals surface area contributed by atoms with Gasteiger partial charge >= 0.3 is 0 Å². The van der Waals surface area contributed by atoms with Gasteiger partial charge in [-0.15, -0.1) is 11.8 Å². The normalized spacial score (nSPS) is 16.6. The van der Waals surface area contributed by atoms with Crippen LogP contribution < -0.4 is 5.73 Å². The maximum atomic E-state index is 5.83. The fraction of sp³-hybridized carbons (Fsp3) is 0.643. The smallest absolute Gasteiger partial charge is 0.0431 e. The molecule has 3 heteroatoms. The van der Waals surface area contributed by atoms with Crippen LogP contribution in [0.25, 0.3) is 0 Å². The lowest BCUT2D eigenvalue weighted by Crippen LogP contribution is -2.05. The minimum atomic E-state index is 0.603. The molecule has 17 heavy (non-hydrogen) atoms. The van der Waals surface area contributed by atoms with Crippen molar-refractivity contribution in [1.29, 1.82) is 0 Å². The van der Waals surface area contributed by atoms with E-state index in [-0.39, 0.29) is 0 Å². The second-order valence-corrected chi connectivity index (χ2v) is 6.05. The van der Waals surface area contributed by atoms with Gasteiger partial charge in [0.05, 0.1) is 0 Å². The number of hydrogen-bond donors (Lipinski definition) is 1. The first-order valence-electron chi connectivity index (χ1n) is 6.50. The molecule has 94 valence electrons. The van der Waals surface area contributed by atoms with Crippen molar-refractivity contribution in [2.45, 2.75) is 51.0 Å². The van der Waals surface area contributed by atoms with Crippen molar-refractivity contribution in [3.63, 3.8) is 0 Å². The summed E-state index contributed by atoms with van der Waals surface area (Å²) in [5.41, 5.74) is 9.27. The third kappa shape index (κ3) is 3.23. The van der Waals surface area contributed by atoms with E-state index < -0.39 is 0 Å². The van der Waals surface area contributed by atoms with Gasteiger partial charge in [-0.3, -0.25) is 4.98 Å². The Morgan fingerprint density at radius 2 is 2.06 bits per heavy atom. The van der Waals surface area contributed by atoms with Crippen molar-refractivity contribution >= 4 is 11.8 Å². The first-order chi connectivity index (χ1) is 8.20. The van der Waals surface area contributed by atoms with Gasteiger partial charge in [0, 0.05) is 34.1 Å². The Kier molecular flexibility index (Phi) is 4.46. The highest BCUT2D eigenvalue weighted by atomic mass is 32.2. The first kappa shape index (κ1) is 12.9. The van der Waals surface area contributed by atoms with Gasteiger partial charge in [-0.2, -0.15) is 0 Å². The van der Waals surface area contributed by atoms with Gasteiger partial charge < -0.3 is 5.73 Å². The number of aryl methyl sites for hydroxylation is 2. The number of aromatic nitrogens is 1. The SMILES string of the molecule is Cc1cc(SCC2CCCC2)c(CN)c(C)n1. The van der Waals surface area contributed by atoms with Crippen LogP contribution in [0.3, 0.4) is 0 Å². The molecule has 0 aliphatic heterocycles. The standard InChI is InChI=1S/C14H22N2S/c1-10-7-14(13(8-15)11(2)16-10)17-9-12-5-3-4-6-12/h7,12H,3-6,8-9,15H2,1-2H3. The lowest BCUT2D eigenvalue weighted by atomic mass is 10.1. The van der Waals surface area contributed by atoms with Crippen molar-refractivity contribution in [1.82, 2.24) is 4.98 Å². The second kappa shape index (κ2) is 5.87. The van der Waals surface area contributed by atoms with Gasteiger partial charge in [0.25, 0.3) is 0 Å². The third-order valence-electron chi connectivity index (χ3n) is 3.57. The molecular weight excluding hydrogens is 228 g/mol. The summed E-state index contributed by atoms with van der Waals surface area (Å²) in [7, 11) is 0. The quantitative estimate of drug-likeness (QED) is 0.832. The van der Waals surface area contributed by atoms with E-state index in [9.17, 15) is 0 Å². The molecular formula is C14H22N2S. The maximum absolute atomic E-state index is 5.83. The molecule has 1 aromatic rings. The van der Waals surface area contributed by atoms with Crippen LogP contribution >= 0.6 is 11.8 Å². The number of nitrogens with zero attached hydrogens (tertiary/aromatic N) is 1. The highest BCUT2D eigenvalue weighted by molar-refractivity contribution is 7.99.